The van der Waals surface area contributed by atoms with E-state index in [0.29, 0.717) is 5.92 Å². The molecule has 0 aliphatic carbocycles. The Morgan fingerprint density at radius 2 is 2.23 bits per heavy atom. The first-order valence-corrected chi connectivity index (χ1v) is 8.19. The van der Waals surface area contributed by atoms with Crippen molar-refractivity contribution < 1.29 is 9.53 Å². The molecular weight excluding hydrogens is 278 g/mol. The molecule has 0 aromatic carbocycles. The maximum atomic E-state index is 12.1. The van der Waals surface area contributed by atoms with Crippen LogP contribution in [0.1, 0.15) is 32.3 Å². The molecule has 0 unspecified atom stereocenters. The van der Waals surface area contributed by atoms with E-state index in [2.05, 4.69) is 27.3 Å². The van der Waals surface area contributed by atoms with Crippen LogP contribution in [0.25, 0.3) is 0 Å². The summed E-state index contributed by atoms with van der Waals surface area (Å²) in [5.74, 6) is 0.571. The minimum Gasteiger partial charge on any atom is -0.364 e. The Labute approximate surface area is 132 Å². The number of rotatable bonds is 4. The second-order valence-corrected chi connectivity index (χ2v) is 6.70. The molecule has 1 aromatic heterocycles. The van der Waals surface area contributed by atoms with Gasteiger partial charge in [-0.1, -0.05) is 0 Å². The number of piperidine rings is 1. The maximum Gasteiger partial charge on any atom is 0.249 e. The molecule has 2 aliphatic rings. The molecule has 1 aromatic rings. The topological polar surface area (TPSA) is 54.5 Å². The number of nitrogens with zero attached hydrogens (tertiary/aromatic N) is 2. The largest absolute Gasteiger partial charge is 0.364 e. The quantitative estimate of drug-likeness (QED) is 0.918. The van der Waals surface area contributed by atoms with Crippen LogP contribution in [-0.4, -0.2) is 47.1 Å². The average molecular weight is 303 g/mol. The predicted octanol–water partition coefficient (Wildman–Crippen LogP) is 1.59. The molecule has 120 valence electrons. The highest BCUT2D eigenvalue weighted by Gasteiger charge is 2.41. The molecule has 3 atom stereocenters. The van der Waals surface area contributed by atoms with E-state index in [9.17, 15) is 4.79 Å². The van der Waals surface area contributed by atoms with Gasteiger partial charge in [-0.3, -0.25) is 14.7 Å². The number of likely N-dealkylation sites (tertiary alicyclic amines) is 1. The van der Waals surface area contributed by atoms with Crippen LogP contribution < -0.4 is 5.32 Å². The molecule has 1 amide bonds. The zero-order chi connectivity index (χ0) is 15.5. The van der Waals surface area contributed by atoms with Gasteiger partial charge in [-0.05, 0) is 56.8 Å². The third kappa shape index (κ3) is 3.65. The van der Waals surface area contributed by atoms with E-state index in [4.69, 9.17) is 4.74 Å². The molecule has 5 nitrogen and oxygen atoms in total. The van der Waals surface area contributed by atoms with Crippen molar-refractivity contribution in [2.24, 2.45) is 5.92 Å². The van der Waals surface area contributed by atoms with E-state index in [0.717, 1.165) is 32.5 Å². The molecule has 5 heteroatoms. The van der Waals surface area contributed by atoms with Gasteiger partial charge in [-0.2, -0.15) is 0 Å². The first-order chi connectivity index (χ1) is 10.6. The SMILES string of the molecule is CC(C)NC(=O)[C@@H]1C[C@H]2CCN(Cc3ccncc3)C[C@H]2O1. The van der Waals surface area contributed by atoms with Crippen LogP contribution in [0.15, 0.2) is 24.5 Å². The monoisotopic (exact) mass is 303 g/mol. The number of hydrogen-bond acceptors (Lipinski definition) is 4. The number of ether oxygens (including phenoxy) is 1. The highest BCUT2D eigenvalue weighted by molar-refractivity contribution is 5.81. The minimum atomic E-state index is -0.265. The van der Waals surface area contributed by atoms with Gasteiger partial charge in [0, 0.05) is 31.5 Å². The van der Waals surface area contributed by atoms with E-state index in [1.165, 1.54) is 5.56 Å². The number of carbonyl (C=O) groups is 1. The van der Waals surface area contributed by atoms with Gasteiger partial charge in [0.15, 0.2) is 0 Å². The lowest BCUT2D eigenvalue weighted by atomic mass is 9.91. The number of pyridine rings is 1. The molecule has 2 fully saturated rings. The summed E-state index contributed by atoms with van der Waals surface area (Å²) in [4.78, 5) is 18.6. The third-order valence-electron chi connectivity index (χ3n) is 4.51. The Hall–Kier alpha value is -1.46. The summed E-state index contributed by atoms with van der Waals surface area (Å²) in [7, 11) is 0. The Morgan fingerprint density at radius 3 is 2.95 bits per heavy atom. The molecule has 0 bridgehead atoms. The lowest BCUT2D eigenvalue weighted by molar-refractivity contribution is -0.133. The second kappa shape index (κ2) is 6.75. The molecule has 0 radical (unpaired) electrons. The number of hydrogen-bond donors (Lipinski definition) is 1. The first-order valence-electron chi connectivity index (χ1n) is 8.19. The van der Waals surface area contributed by atoms with Crippen molar-refractivity contribution in [1.82, 2.24) is 15.2 Å². The van der Waals surface area contributed by atoms with Crippen LogP contribution in [-0.2, 0) is 16.1 Å². The van der Waals surface area contributed by atoms with Crippen LogP contribution in [0.2, 0.25) is 0 Å². The van der Waals surface area contributed by atoms with E-state index in [1.807, 2.05) is 26.2 Å². The summed E-state index contributed by atoms with van der Waals surface area (Å²) in [5.41, 5.74) is 1.28. The van der Waals surface area contributed by atoms with Crippen LogP contribution in [0.5, 0.6) is 0 Å². The summed E-state index contributed by atoms with van der Waals surface area (Å²) in [6, 6.07) is 4.28. The summed E-state index contributed by atoms with van der Waals surface area (Å²) >= 11 is 0. The third-order valence-corrected chi connectivity index (χ3v) is 4.51. The van der Waals surface area contributed by atoms with Crippen molar-refractivity contribution in [3.05, 3.63) is 30.1 Å². The van der Waals surface area contributed by atoms with Crippen molar-refractivity contribution >= 4 is 5.91 Å². The van der Waals surface area contributed by atoms with Crippen molar-refractivity contribution in [1.29, 1.82) is 0 Å². The standard InChI is InChI=1S/C17H25N3O2/c1-12(2)19-17(21)15-9-14-5-8-20(11-16(14)22-15)10-13-3-6-18-7-4-13/h3-4,6-7,12,14-16H,5,8-11H2,1-2H3,(H,19,21)/t14-,15+,16-/m1/s1. The van der Waals surface area contributed by atoms with Gasteiger partial charge >= 0.3 is 0 Å². The molecule has 3 rings (SSSR count). The number of amides is 1. The Kier molecular flexibility index (Phi) is 4.74. The molecule has 0 spiro atoms. The van der Waals surface area contributed by atoms with Gasteiger partial charge in [0.25, 0.3) is 0 Å². The lowest BCUT2D eigenvalue weighted by Gasteiger charge is -2.34. The number of fused-ring (bicyclic) bond motifs is 1. The fraction of sp³-hybridized carbons (Fsp3) is 0.647. The van der Waals surface area contributed by atoms with Crippen molar-refractivity contribution in [2.45, 2.75) is 51.5 Å². The average Bonchev–Trinajstić information content (AvgIpc) is 2.91. The number of carbonyl (C=O) groups excluding carboxylic acids is 1. The van der Waals surface area contributed by atoms with Gasteiger partial charge in [-0.25, -0.2) is 0 Å². The zero-order valence-corrected chi connectivity index (χ0v) is 13.4. The summed E-state index contributed by atoms with van der Waals surface area (Å²) in [6.45, 7) is 6.88. The highest BCUT2D eigenvalue weighted by atomic mass is 16.5. The van der Waals surface area contributed by atoms with E-state index in [1.54, 1.807) is 0 Å². The highest BCUT2D eigenvalue weighted by Crippen LogP contribution is 2.33. The maximum absolute atomic E-state index is 12.1. The van der Waals surface area contributed by atoms with Crippen molar-refractivity contribution in [3.8, 4) is 0 Å². The molecule has 2 aliphatic heterocycles. The molecular formula is C17H25N3O2. The van der Waals surface area contributed by atoms with E-state index in [-0.39, 0.29) is 24.2 Å². The Bertz CT molecular complexity index is 506. The minimum absolute atomic E-state index is 0.0464. The summed E-state index contributed by atoms with van der Waals surface area (Å²) in [6.07, 6.45) is 5.57. The lowest BCUT2D eigenvalue weighted by Crippen LogP contribution is -2.42. The first kappa shape index (κ1) is 15.4. The van der Waals surface area contributed by atoms with Gasteiger partial charge in [0.05, 0.1) is 6.10 Å². The van der Waals surface area contributed by atoms with E-state index >= 15 is 0 Å². The van der Waals surface area contributed by atoms with Crippen LogP contribution in [0.3, 0.4) is 0 Å². The van der Waals surface area contributed by atoms with Crippen LogP contribution in [0.4, 0.5) is 0 Å². The molecule has 22 heavy (non-hydrogen) atoms. The Morgan fingerprint density at radius 1 is 1.45 bits per heavy atom. The van der Waals surface area contributed by atoms with Gasteiger partial charge in [0.2, 0.25) is 5.91 Å². The predicted molar refractivity (Wildman–Crippen MR) is 84.2 cm³/mol. The molecule has 1 N–H and O–H groups in total. The van der Waals surface area contributed by atoms with E-state index < -0.39 is 0 Å². The summed E-state index contributed by atoms with van der Waals surface area (Å²) < 4.78 is 6.03. The van der Waals surface area contributed by atoms with Crippen molar-refractivity contribution in [2.75, 3.05) is 13.1 Å². The fourth-order valence-electron chi connectivity index (χ4n) is 3.43. The van der Waals surface area contributed by atoms with Gasteiger partial charge in [-0.15, -0.1) is 0 Å². The van der Waals surface area contributed by atoms with Gasteiger partial charge < -0.3 is 10.1 Å². The molecule has 3 heterocycles. The van der Waals surface area contributed by atoms with Crippen LogP contribution >= 0.6 is 0 Å². The van der Waals surface area contributed by atoms with Gasteiger partial charge in [0.1, 0.15) is 6.10 Å². The second-order valence-electron chi connectivity index (χ2n) is 6.70. The van der Waals surface area contributed by atoms with Crippen LogP contribution in [0, 0.1) is 5.92 Å². The normalized spacial score (nSPS) is 28.6. The van der Waals surface area contributed by atoms with Crippen molar-refractivity contribution in [3.63, 3.8) is 0 Å². The fourth-order valence-corrected chi connectivity index (χ4v) is 3.43. The molecule has 2 saturated heterocycles. The zero-order valence-electron chi connectivity index (χ0n) is 13.4. The number of nitrogens with one attached hydrogen (secondary N) is 1. The number of aromatic nitrogens is 1. The Balaban J connectivity index is 1.54. The molecule has 0 saturated carbocycles. The summed E-state index contributed by atoms with van der Waals surface area (Å²) in [5, 5.41) is 2.96. The smallest absolute Gasteiger partial charge is 0.249 e.